The zero-order valence-corrected chi connectivity index (χ0v) is 16.7. The highest BCUT2D eigenvalue weighted by atomic mass is 16.3. The number of carbonyl (C=O) groups excluding carboxylic acids is 2. The van der Waals surface area contributed by atoms with Gasteiger partial charge in [0.25, 0.3) is 5.91 Å². The Bertz CT molecular complexity index is 1080. The molecule has 0 spiro atoms. The summed E-state index contributed by atoms with van der Waals surface area (Å²) in [6.07, 6.45) is 2.30. The Morgan fingerprint density at radius 1 is 1.07 bits per heavy atom. The fourth-order valence-corrected chi connectivity index (χ4v) is 3.90. The summed E-state index contributed by atoms with van der Waals surface area (Å²) in [5, 5.41) is 10.7. The van der Waals surface area contributed by atoms with Crippen molar-refractivity contribution in [3.63, 3.8) is 0 Å². The lowest BCUT2D eigenvalue weighted by molar-refractivity contribution is -0.130. The van der Waals surface area contributed by atoms with Gasteiger partial charge in [0, 0.05) is 6.42 Å². The summed E-state index contributed by atoms with van der Waals surface area (Å²) in [4.78, 5) is 27.6. The minimum absolute atomic E-state index is 0.160. The number of nitrogens with zero attached hydrogens (tertiary/aromatic N) is 1. The molecule has 1 unspecified atom stereocenters. The Hall–Kier alpha value is -3.60. The topological polar surface area (TPSA) is 70.8 Å². The van der Waals surface area contributed by atoms with Crippen molar-refractivity contribution in [1.82, 2.24) is 4.90 Å². The van der Waals surface area contributed by atoms with Crippen LogP contribution in [-0.2, 0) is 22.6 Å². The average molecular weight is 401 g/mol. The highest BCUT2D eigenvalue weighted by molar-refractivity contribution is 6.09. The van der Waals surface area contributed by atoms with E-state index in [1.807, 2.05) is 61.5 Å². The third kappa shape index (κ3) is 3.92. The van der Waals surface area contributed by atoms with Crippen molar-refractivity contribution in [1.29, 1.82) is 0 Å². The summed E-state index contributed by atoms with van der Waals surface area (Å²) >= 11 is 0. The number of carbonyl (C=O) groups is 2. The lowest BCUT2D eigenvalue weighted by atomic mass is 9.92. The molecule has 1 atom stereocenters. The van der Waals surface area contributed by atoms with Crippen LogP contribution in [0.4, 0.5) is 0 Å². The summed E-state index contributed by atoms with van der Waals surface area (Å²) in [5.74, 6) is -0.656. The van der Waals surface area contributed by atoms with Gasteiger partial charge in [-0.2, -0.15) is 0 Å². The minimum Gasteiger partial charge on any atom is -0.503 e. The fourth-order valence-electron chi connectivity index (χ4n) is 3.90. The third-order valence-corrected chi connectivity index (χ3v) is 5.35. The van der Waals surface area contributed by atoms with Crippen molar-refractivity contribution in [3.8, 4) is 0 Å². The second-order valence-electron chi connectivity index (χ2n) is 7.50. The molecule has 0 saturated carbocycles. The van der Waals surface area contributed by atoms with Crippen LogP contribution in [0.5, 0.6) is 0 Å². The summed E-state index contributed by atoms with van der Waals surface area (Å²) in [7, 11) is 0. The molecule has 1 amide bonds. The van der Waals surface area contributed by atoms with Crippen LogP contribution < -0.4 is 0 Å². The Morgan fingerprint density at radius 2 is 1.87 bits per heavy atom. The second-order valence-corrected chi connectivity index (χ2v) is 7.50. The van der Waals surface area contributed by atoms with E-state index in [1.54, 1.807) is 12.1 Å². The van der Waals surface area contributed by atoms with E-state index in [-0.39, 0.29) is 24.3 Å². The van der Waals surface area contributed by atoms with Crippen LogP contribution in [0.1, 0.15) is 34.9 Å². The van der Waals surface area contributed by atoms with Crippen LogP contribution in [0.3, 0.4) is 0 Å². The Kier molecular flexibility index (Phi) is 5.53. The highest BCUT2D eigenvalue weighted by Gasteiger charge is 2.43. The van der Waals surface area contributed by atoms with Gasteiger partial charge in [-0.25, -0.2) is 0 Å². The predicted octanol–water partition coefficient (Wildman–Crippen LogP) is 4.69. The number of hydrogen-bond acceptors (Lipinski definition) is 4. The predicted molar refractivity (Wildman–Crippen MR) is 113 cm³/mol. The van der Waals surface area contributed by atoms with Gasteiger partial charge in [-0.15, -0.1) is 0 Å². The molecular formula is C25H23NO4. The molecule has 152 valence electrons. The lowest BCUT2D eigenvalue weighted by Gasteiger charge is -2.26. The van der Waals surface area contributed by atoms with E-state index in [2.05, 4.69) is 0 Å². The zero-order chi connectivity index (χ0) is 21.1. The molecule has 4 rings (SSSR count). The maximum atomic E-state index is 13.2. The Morgan fingerprint density at radius 3 is 2.57 bits per heavy atom. The van der Waals surface area contributed by atoms with Gasteiger partial charge in [-0.3, -0.25) is 9.59 Å². The third-order valence-electron chi connectivity index (χ3n) is 5.35. The van der Waals surface area contributed by atoms with Crippen molar-refractivity contribution in [3.05, 3.63) is 107 Å². The number of ketones is 1. The molecule has 5 nitrogen and oxygen atoms in total. The van der Waals surface area contributed by atoms with E-state index in [0.717, 1.165) is 16.7 Å². The average Bonchev–Trinajstić information content (AvgIpc) is 3.35. The smallest absolute Gasteiger partial charge is 0.290 e. The molecule has 0 saturated heterocycles. The number of Topliss-reactive ketones (excluding diaryl/α,β-unsaturated/α-hetero) is 1. The number of aryl methyl sites for hydroxylation is 2. The van der Waals surface area contributed by atoms with E-state index in [9.17, 15) is 14.7 Å². The van der Waals surface area contributed by atoms with Gasteiger partial charge in [-0.05, 0) is 36.6 Å². The summed E-state index contributed by atoms with van der Waals surface area (Å²) in [6, 6.07) is 20.2. The Labute approximate surface area is 175 Å². The summed E-state index contributed by atoms with van der Waals surface area (Å²) in [5.41, 5.74) is 3.00. The van der Waals surface area contributed by atoms with E-state index in [4.69, 9.17) is 4.42 Å². The zero-order valence-electron chi connectivity index (χ0n) is 16.7. The van der Waals surface area contributed by atoms with E-state index in [1.165, 1.54) is 11.2 Å². The van der Waals surface area contributed by atoms with Crippen molar-refractivity contribution in [2.45, 2.75) is 32.4 Å². The number of furan rings is 1. The molecule has 3 aromatic rings. The minimum atomic E-state index is -0.647. The molecule has 5 heteroatoms. The molecule has 0 radical (unpaired) electrons. The van der Waals surface area contributed by atoms with Crippen LogP contribution in [0.15, 0.2) is 88.7 Å². The summed E-state index contributed by atoms with van der Waals surface area (Å²) in [6.45, 7) is 2.13. The summed E-state index contributed by atoms with van der Waals surface area (Å²) < 4.78 is 5.41. The first-order valence-electron chi connectivity index (χ1n) is 9.95. The van der Waals surface area contributed by atoms with Crippen molar-refractivity contribution in [2.24, 2.45) is 0 Å². The highest BCUT2D eigenvalue weighted by Crippen LogP contribution is 2.39. The molecule has 0 aliphatic carbocycles. The molecule has 1 aromatic heterocycles. The van der Waals surface area contributed by atoms with Crippen molar-refractivity contribution in [2.75, 3.05) is 0 Å². The van der Waals surface area contributed by atoms with Gasteiger partial charge in [0.1, 0.15) is 5.76 Å². The van der Waals surface area contributed by atoms with Crippen LogP contribution in [0, 0.1) is 6.92 Å². The van der Waals surface area contributed by atoms with Crippen LogP contribution in [0.2, 0.25) is 0 Å². The lowest BCUT2D eigenvalue weighted by Crippen LogP contribution is -2.30. The van der Waals surface area contributed by atoms with E-state index < -0.39 is 17.7 Å². The van der Waals surface area contributed by atoms with Crippen molar-refractivity contribution < 1.29 is 19.1 Å². The molecule has 0 fully saturated rings. The maximum absolute atomic E-state index is 13.2. The standard InChI is InChI=1S/C25H23NO4/c1-17-7-5-10-19(15-17)23-22(21(27)13-12-18-8-3-2-4-9-18)24(28)25(29)26(23)16-20-11-6-14-30-20/h2-11,14-15,23,28H,12-13,16H2,1H3. The number of rotatable bonds is 7. The number of aliphatic hydroxyl groups excluding tert-OH is 1. The second kappa shape index (κ2) is 8.41. The molecule has 1 aliphatic heterocycles. The van der Waals surface area contributed by atoms with Gasteiger partial charge in [0.05, 0.1) is 24.4 Å². The van der Waals surface area contributed by atoms with Gasteiger partial charge < -0.3 is 14.4 Å². The normalized spacial score (nSPS) is 16.4. The molecule has 1 aliphatic rings. The number of aliphatic hydroxyl groups is 1. The quantitative estimate of drug-likeness (QED) is 0.624. The first-order valence-corrected chi connectivity index (χ1v) is 9.95. The number of hydrogen-bond donors (Lipinski definition) is 1. The fraction of sp³-hybridized carbons (Fsp3) is 0.200. The maximum Gasteiger partial charge on any atom is 0.290 e. The van der Waals surface area contributed by atoms with Gasteiger partial charge >= 0.3 is 0 Å². The van der Waals surface area contributed by atoms with E-state index in [0.29, 0.717) is 12.2 Å². The first-order chi connectivity index (χ1) is 14.5. The van der Waals surface area contributed by atoms with Crippen molar-refractivity contribution >= 4 is 11.7 Å². The van der Waals surface area contributed by atoms with Crippen LogP contribution >= 0.6 is 0 Å². The number of benzene rings is 2. The van der Waals surface area contributed by atoms with Gasteiger partial charge in [0.2, 0.25) is 0 Å². The molecule has 1 N–H and O–H groups in total. The monoisotopic (exact) mass is 401 g/mol. The molecular weight excluding hydrogens is 378 g/mol. The Balaban J connectivity index is 1.66. The van der Waals surface area contributed by atoms with Gasteiger partial charge in [-0.1, -0.05) is 60.2 Å². The first kappa shape index (κ1) is 19.7. The van der Waals surface area contributed by atoms with Gasteiger partial charge in [0.15, 0.2) is 11.5 Å². The largest absolute Gasteiger partial charge is 0.503 e. The molecule has 0 bridgehead atoms. The molecule has 30 heavy (non-hydrogen) atoms. The molecule has 2 aromatic carbocycles. The molecule has 2 heterocycles. The van der Waals surface area contributed by atoms with Crippen LogP contribution in [0.25, 0.3) is 0 Å². The number of amides is 1. The van der Waals surface area contributed by atoms with E-state index >= 15 is 0 Å². The SMILES string of the molecule is Cc1cccc(C2C(C(=O)CCc3ccccc3)=C(O)C(=O)N2Cc2ccco2)c1. The van der Waals surface area contributed by atoms with Crippen LogP contribution in [-0.4, -0.2) is 21.7 Å².